The molecule has 0 bridgehead atoms. The van der Waals surface area contributed by atoms with Gasteiger partial charge in [-0.15, -0.1) is 0 Å². The number of anilines is 3. The molecule has 0 radical (unpaired) electrons. The highest BCUT2D eigenvalue weighted by Crippen LogP contribution is 2.64. The van der Waals surface area contributed by atoms with Crippen LogP contribution in [0.3, 0.4) is 0 Å². The first-order chi connectivity index (χ1) is 33.4. The van der Waals surface area contributed by atoms with Crippen LogP contribution >= 0.6 is 0 Å². The van der Waals surface area contributed by atoms with Gasteiger partial charge in [0.05, 0.1) is 11.4 Å². The van der Waals surface area contributed by atoms with Crippen molar-refractivity contribution < 1.29 is 9.15 Å². The van der Waals surface area contributed by atoms with E-state index in [0.717, 1.165) is 39.5 Å². The lowest BCUT2D eigenvalue weighted by Gasteiger charge is -2.32. The van der Waals surface area contributed by atoms with Crippen molar-refractivity contribution in [2.75, 3.05) is 4.90 Å². The zero-order valence-electron chi connectivity index (χ0n) is 40.4. The molecule has 0 saturated carbocycles. The minimum absolute atomic E-state index is 0.226. The number of furan rings is 1. The first-order valence-electron chi connectivity index (χ1n) is 24.5. The van der Waals surface area contributed by atoms with E-state index < -0.39 is 0 Å². The molecule has 0 saturated heterocycles. The number of ether oxygens (including phenoxy) is 1. The zero-order chi connectivity index (χ0) is 46.9. The van der Waals surface area contributed by atoms with Gasteiger partial charge >= 0.3 is 0 Å². The number of hydrogen-bond donors (Lipinski definition) is 0. The molecular weight excluding hydrogens is 841 g/mol. The van der Waals surface area contributed by atoms with Crippen molar-refractivity contribution in [1.29, 1.82) is 0 Å². The van der Waals surface area contributed by atoms with Crippen molar-refractivity contribution in [3.8, 4) is 61.5 Å². The summed E-state index contributed by atoms with van der Waals surface area (Å²) in [7, 11) is 0. The van der Waals surface area contributed by atoms with Gasteiger partial charge in [-0.2, -0.15) is 0 Å². The molecule has 14 rings (SSSR count). The van der Waals surface area contributed by atoms with E-state index in [2.05, 4.69) is 206 Å². The van der Waals surface area contributed by atoms with E-state index in [9.17, 15) is 0 Å². The van der Waals surface area contributed by atoms with Gasteiger partial charge < -0.3 is 14.1 Å². The number of aryl methyl sites for hydroxylation is 2. The Hall–Kier alpha value is -7.69. The van der Waals surface area contributed by atoms with Gasteiger partial charge in [0, 0.05) is 61.3 Å². The number of nitrogens with zero attached hydrogens (tertiary/aromatic N) is 2. The predicted octanol–water partition coefficient (Wildman–Crippen LogP) is 17.2. The van der Waals surface area contributed by atoms with Gasteiger partial charge in [-0.3, -0.25) is 4.98 Å². The molecule has 0 N–H and O–H groups in total. The number of rotatable bonds is 4. The molecule has 0 amide bonds. The number of aromatic nitrogens is 1. The maximum atomic E-state index is 6.99. The van der Waals surface area contributed by atoms with E-state index in [1.165, 1.54) is 111 Å². The molecule has 2 aromatic heterocycles. The Kier molecular flexibility index (Phi) is 8.04. The number of benzene rings is 8. The highest BCUT2D eigenvalue weighted by Gasteiger charge is 2.49. The Morgan fingerprint density at radius 2 is 1.12 bits per heavy atom. The second-order valence-electron chi connectivity index (χ2n) is 21.5. The van der Waals surface area contributed by atoms with E-state index in [0.29, 0.717) is 6.61 Å². The Bertz CT molecular complexity index is 3880. The van der Waals surface area contributed by atoms with Gasteiger partial charge in [0.1, 0.15) is 23.5 Å². The molecule has 1 aliphatic heterocycles. The molecule has 334 valence electrons. The topological polar surface area (TPSA) is 38.5 Å². The van der Waals surface area contributed by atoms with Crippen molar-refractivity contribution in [2.24, 2.45) is 0 Å². The third kappa shape index (κ3) is 5.21. The van der Waals surface area contributed by atoms with Crippen LogP contribution in [0.2, 0.25) is 0 Å². The minimum atomic E-state index is -0.330. The normalized spacial score (nSPS) is 15.7. The van der Waals surface area contributed by atoms with Crippen LogP contribution in [0.5, 0.6) is 5.75 Å². The lowest BCUT2D eigenvalue weighted by atomic mass is 9.72. The number of para-hydroxylation sites is 2. The van der Waals surface area contributed by atoms with Gasteiger partial charge in [0.25, 0.3) is 0 Å². The van der Waals surface area contributed by atoms with Crippen LogP contribution in [-0.2, 0) is 22.9 Å². The Labute approximate surface area is 403 Å². The number of fused-ring (bicyclic) bond motifs is 19. The summed E-state index contributed by atoms with van der Waals surface area (Å²) >= 11 is 0. The average molecular weight is 893 g/mol. The molecule has 0 atom stereocenters. The molecule has 0 unspecified atom stereocenters. The summed E-state index contributed by atoms with van der Waals surface area (Å²) in [5, 5.41) is 2.39. The molecule has 4 aliphatic rings. The summed E-state index contributed by atoms with van der Waals surface area (Å²) < 4.78 is 13.8. The van der Waals surface area contributed by atoms with Crippen molar-refractivity contribution in [3.05, 3.63) is 208 Å². The molecule has 8 aromatic carbocycles. The third-order valence-corrected chi connectivity index (χ3v) is 16.6. The molecule has 69 heavy (non-hydrogen) atoms. The second-order valence-corrected chi connectivity index (χ2v) is 21.5. The maximum Gasteiger partial charge on any atom is 0.144 e. The van der Waals surface area contributed by atoms with Crippen LogP contribution in [0, 0.1) is 13.8 Å². The molecule has 3 heterocycles. The SMILES string of the molecule is Cc1cccc(C)c1N(c1ccc2c(c1)C(C)(C)c1cc(-c3ccccn3)c3c(c1-2)-c1ccccc1CO3)c1ccc2c(c1)C(C)(C)c1c3c(c4oc5ccccc5c4c1-2)-c1ccccc1C3(C)C. The molecule has 4 heteroatoms. The highest BCUT2D eigenvalue weighted by atomic mass is 16.5. The van der Waals surface area contributed by atoms with E-state index in [-0.39, 0.29) is 16.2 Å². The van der Waals surface area contributed by atoms with Crippen LogP contribution < -0.4 is 9.64 Å². The fraction of sp³-hybridized carbons (Fsp3) is 0.185. The number of hydrogen-bond acceptors (Lipinski definition) is 4. The van der Waals surface area contributed by atoms with E-state index in [1.54, 1.807) is 0 Å². The van der Waals surface area contributed by atoms with E-state index in [1.807, 2.05) is 12.3 Å². The number of pyridine rings is 1. The van der Waals surface area contributed by atoms with Crippen molar-refractivity contribution in [1.82, 2.24) is 4.98 Å². The van der Waals surface area contributed by atoms with E-state index >= 15 is 0 Å². The summed E-state index contributed by atoms with van der Waals surface area (Å²) in [6.07, 6.45) is 1.88. The average Bonchev–Trinajstić information content (AvgIpc) is 4.00. The van der Waals surface area contributed by atoms with Crippen LogP contribution in [0.25, 0.3) is 77.7 Å². The first kappa shape index (κ1) is 40.4. The lowest BCUT2D eigenvalue weighted by Crippen LogP contribution is -2.24. The van der Waals surface area contributed by atoms with E-state index in [4.69, 9.17) is 14.1 Å². The largest absolute Gasteiger partial charge is 0.487 e. The standard InChI is InChI=1S/C65H52N2O2/c1-36-18-17-19-37(2)60(36)67(39-27-29-43-48(32-39)63(3,4)50-34-46(51-25-15-16-31-66-51)61-55(53(43)50)41-21-10-9-20-38(41)35-68-61)40-28-30-44-49(33-40)65(7,8)58-54(44)56-45-23-12-14-26-52(45)69-62(56)57-42-22-11-13-24-47(42)64(5,6)59(57)58/h9-34H,35H2,1-8H3. The minimum Gasteiger partial charge on any atom is -0.487 e. The second kappa shape index (κ2) is 13.7. The smallest absolute Gasteiger partial charge is 0.144 e. The van der Waals surface area contributed by atoms with Crippen LogP contribution in [0.4, 0.5) is 17.1 Å². The monoisotopic (exact) mass is 892 g/mol. The summed E-state index contributed by atoms with van der Waals surface area (Å²) in [6.45, 7) is 19.5. The first-order valence-corrected chi connectivity index (χ1v) is 24.5. The quantitative estimate of drug-likeness (QED) is 0.176. The van der Waals surface area contributed by atoms with Crippen LogP contribution in [0.1, 0.15) is 91.6 Å². The molecule has 0 fully saturated rings. The van der Waals surface area contributed by atoms with Crippen molar-refractivity contribution in [3.63, 3.8) is 0 Å². The third-order valence-electron chi connectivity index (χ3n) is 16.6. The van der Waals surface area contributed by atoms with Gasteiger partial charge in [-0.05, 0) is 146 Å². The van der Waals surface area contributed by atoms with Gasteiger partial charge in [0.15, 0.2) is 0 Å². The zero-order valence-corrected chi connectivity index (χ0v) is 40.4. The Balaban J connectivity index is 0.995. The van der Waals surface area contributed by atoms with Gasteiger partial charge in [-0.1, -0.05) is 145 Å². The predicted molar refractivity (Wildman–Crippen MR) is 284 cm³/mol. The van der Waals surface area contributed by atoms with Gasteiger partial charge in [0.2, 0.25) is 0 Å². The molecular formula is C65H52N2O2. The highest BCUT2D eigenvalue weighted by molar-refractivity contribution is 6.21. The van der Waals surface area contributed by atoms with Crippen LogP contribution in [-0.4, -0.2) is 4.98 Å². The fourth-order valence-electron chi connectivity index (χ4n) is 13.4. The summed E-state index contributed by atoms with van der Waals surface area (Å²) in [6, 6.07) is 56.1. The molecule has 3 aliphatic carbocycles. The fourth-order valence-corrected chi connectivity index (χ4v) is 13.4. The van der Waals surface area contributed by atoms with Gasteiger partial charge in [-0.25, -0.2) is 0 Å². The lowest BCUT2D eigenvalue weighted by molar-refractivity contribution is 0.303. The Morgan fingerprint density at radius 1 is 0.493 bits per heavy atom. The molecule has 4 nitrogen and oxygen atoms in total. The Morgan fingerprint density at radius 3 is 1.87 bits per heavy atom. The van der Waals surface area contributed by atoms with Crippen molar-refractivity contribution >= 4 is 39.0 Å². The van der Waals surface area contributed by atoms with Crippen LogP contribution in [0.15, 0.2) is 162 Å². The van der Waals surface area contributed by atoms with Crippen molar-refractivity contribution in [2.45, 2.75) is 78.2 Å². The summed E-state index contributed by atoms with van der Waals surface area (Å²) in [4.78, 5) is 7.40. The maximum absolute atomic E-state index is 6.99. The summed E-state index contributed by atoms with van der Waals surface area (Å²) in [5.41, 5.74) is 28.3. The molecule has 0 spiro atoms. The molecule has 10 aromatic rings. The summed E-state index contributed by atoms with van der Waals surface area (Å²) in [5.74, 6) is 0.913.